The minimum atomic E-state index is -0.287. The average Bonchev–Trinajstić information content (AvgIpc) is 2.82. The van der Waals surface area contributed by atoms with E-state index in [0.717, 1.165) is 44.0 Å². The van der Waals surface area contributed by atoms with Crippen LogP contribution in [0.5, 0.6) is 5.75 Å². The molecule has 1 saturated heterocycles. The quantitative estimate of drug-likeness (QED) is 0.485. The second kappa shape index (κ2) is 10.1. The number of carbonyl (C=O) groups is 1. The standard InChI is InChI=1S/C26H27ClN2O2/c1-31-24-13-7-20(8-14-24)19-28-15-17-29(18-16-28)25(21-5-3-2-4-6-21)26(30)22-9-11-23(27)12-10-22/h2-14,25H,15-19H2,1H3. The maximum atomic E-state index is 13.5. The molecule has 4 nitrogen and oxygen atoms in total. The van der Waals surface area contributed by atoms with Crippen molar-refractivity contribution in [3.8, 4) is 5.75 Å². The van der Waals surface area contributed by atoms with E-state index < -0.39 is 0 Å². The van der Waals surface area contributed by atoms with Crippen LogP contribution < -0.4 is 4.74 Å². The molecule has 0 spiro atoms. The van der Waals surface area contributed by atoms with Crippen LogP contribution in [0.4, 0.5) is 0 Å². The number of piperazine rings is 1. The van der Waals surface area contributed by atoms with Gasteiger partial charge in [-0.05, 0) is 47.5 Å². The third-order valence-corrected chi connectivity index (χ3v) is 6.08. The number of nitrogens with zero attached hydrogens (tertiary/aromatic N) is 2. The minimum Gasteiger partial charge on any atom is -0.497 e. The Hall–Kier alpha value is -2.66. The smallest absolute Gasteiger partial charge is 0.184 e. The molecule has 1 fully saturated rings. The fourth-order valence-corrected chi connectivity index (χ4v) is 4.23. The molecule has 1 heterocycles. The highest BCUT2D eigenvalue weighted by molar-refractivity contribution is 6.30. The van der Waals surface area contributed by atoms with Crippen molar-refractivity contribution in [3.63, 3.8) is 0 Å². The van der Waals surface area contributed by atoms with Gasteiger partial charge in [0.15, 0.2) is 5.78 Å². The van der Waals surface area contributed by atoms with Gasteiger partial charge >= 0.3 is 0 Å². The van der Waals surface area contributed by atoms with Crippen molar-refractivity contribution in [2.75, 3.05) is 33.3 Å². The van der Waals surface area contributed by atoms with Gasteiger partial charge in [-0.3, -0.25) is 14.6 Å². The zero-order chi connectivity index (χ0) is 21.6. The topological polar surface area (TPSA) is 32.8 Å². The van der Waals surface area contributed by atoms with E-state index in [1.807, 2.05) is 54.6 Å². The summed E-state index contributed by atoms with van der Waals surface area (Å²) >= 11 is 6.03. The van der Waals surface area contributed by atoms with Crippen molar-refractivity contribution >= 4 is 17.4 Å². The summed E-state index contributed by atoms with van der Waals surface area (Å²) in [7, 11) is 1.68. The van der Waals surface area contributed by atoms with Gasteiger partial charge in [-0.1, -0.05) is 54.1 Å². The summed E-state index contributed by atoms with van der Waals surface area (Å²) in [5.74, 6) is 0.992. The first-order chi connectivity index (χ1) is 15.1. The van der Waals surface area contributed by atoms with Gasteiger partial charge in [0.05, 0.1) is 13.2 Å². The molecule has 1 aliphatic rings. The second-order valence-electron chi connectivity index (χ2n) is 7.84. The summed E-state index contributed by atoms with van der Waals surface area (Å²) in [4.78, 5) is 18.2. The molecule has 3 aromatic rings. The molecule has 0 bridgehead atoms. The first kappa shape index (κ1) is 21.6. The van der Waals surface area contributed by atoms with E-state index in [2.05, 4.69) is 21.9 Å². The van der Waals surface area contributed by atoms with Crippen LogP contribution in [-0.2, 0) is 6.54 Å². The Balaban J connectivity index is 1.46. The van der Waals surface area contributed by atoms with E-state index in [-0.39, 0.29) is 11.8 Å². The molecular weight excluding hydrogens is 408 g/mol. The van der Waals surface area contributed by atoms with E-state index >= 15 is 0 Å². The summed E-state index contributed by atoms with van der Waals surface area (Å²) < 4.78 is 5.25. The lowest BCUT2D eigenvalue weighted by molar-refractivity contribution is 0.0650. The average molecular weight is 435 g/mol. The number of benzene rings is 3. The van der Waals surface area contributed by atoms with Gasteiger partial charge in [-0.15, -0.1) is 0 Å². The lowest BCUT2D eigenvalue weighted by Gasteiger charge is -2.39. The first-order valence-electron chi connectivity index (χ1n) is 10.6. The number of methoxy groups -OCH3 is 1. The van der Waals surface area contributed by atoms with E-state index in [0.29, 0.717) is 10.6 Å². The number of rotatable bonds is 7. The number of halogens is 1. The fourth-order valence-electron chi connectivity index (χ4n) is 4.10. The third-order valence-electron chi connectivity index (χ3n) is 5.83. The van der Waals surface area contributed by atoms with Gasteiger partial charge in [0.25, 0.3) is 0 Å². The van der Waals surface area contributed by atoms with E-state index in [1.54, 1.807) is 19.2 Å². The molecule has 0 saturated carbocycles. The molecule has 0 N–H and O–H groups in total. The zero-order valence-electron chi connectivity index (χ0n) is 17.7. The zero-order valence-corrected chi connectivity index (χ0v) is 18.5. The van der Waals surface area contributed by atoms with Crippen molar-refractivity contribution in [2.24, 2.45) is 0 Å². The molecule has 0 amide bonds. The van der Waals surface area contributed by atoms with Crippen molar-refractivity contribution in [1.29, 1.82) is 0 Å². The highest BCUT2D eigenvalue weighted by atomic mass is 35.5. The van der Waals surface area contributed by atoms with E-state index in [1.165, 1.54) is 5.56 Å². The van der Waals surface area contributed by atoms with Gasteiger partial charge in [0, 0.05) is 43.3 Å². The predicted octanol–water partition coefficient (Wildman–Crippen LogP) is 5.09. The molecule has 5 heteroatoms. The Morgan fingerprint density at radius 1 is 0.903 bits per heavy atom. The van der Waals surface area contributed by atoms with E-state index in [9.17, 15) is 4.79 Å². The first-order valence-corrected chi connectivity index (χ1v) is 11.0. The summed E-state index contributed by atoms with van der Waals surface area (Å²) in [5, 5.41) is 0.639. The van der Waals surface area contributed by atoms with Crippen LogP contribution >= 0.6 is 11.6 Å². The summed E-state index contributed by atoms with van der Waals surface area (Å²) in [6.45, 7) is 4.43. The van der Waals surface area contributed by atoms with Crippen LogP contribution in [0.1, 0.15) is 27.5 Å². The van der Waals surface area contributed by atoms with Crippen LogP contribution in [0.25, 0.3) is 0 Å². The lowest BCUT2D eigenvalue weighted by Crippen LogP contribution is -2.48. The molecule has 1 aliphatic heterocycles. The predicted molar refractivity (Wildman–Crippen MR) is 125 cm³/mol. The third kappa shape index (κ3) is 5.34. The molecular formula is C26H27ClN2O2. The number of hydrogen-bond acceptors (Lipinski definition) is 4. The Morgan fingerprint density at radius 2 is 1.55 bits per heavy atom. The molecule has 160 valence electrons. The highest BCUT2D eigenvalue weighted by Crippen LogP contribution is 2.27. The second-order valence-corrected chi connectivity index (χ2v) is 8.28. The fraction of sp³-hybridized carbons (Fsp3) is 0.269. The minimum absolute atomic E-state index is 0.117. The number of carbonyl (C=O) groups excluding carboxylic acids is 1. The molecule has 0 radical (unpaired) electrons. The van der Waals surface area contributed by atoms with Crippen LogP contribution in [0.3, 0.4) is 0 Å². The molecule has 3 aromatic carbocycles. The lowest BCUT2D eigenvalue weighted by atomic mass is 9.95. The van der Waals surface area contributed by atoms with Crippen molar-refractivity contribution in [2.45, 2.75) is 12.6 Å². The van der Waals surface area contributed by atoms with Crippen molar-refractivity contribution < 1.29 is 9.53 Å². The number of ether oxygens (including phenoxy) is 1. The van der Waals surface area contributed by atoms with Crippen molar-refractivity contribution in [1.82, 2.24) is 9.80 Å². The SMILES string of the molecule is COc1ccc(CN2CCN(C(C(=O)c3ccc(Cl)cc3)c3ccccc3)CC2)cc1. The maximum Gasteiger partial charge on any atom is 0.184 e. The normalized spacial score (nSPS) is 16.1. The molecule has 31 heavy (non-hydrogen) atoms. The van der Waals surface area contributed by atoms with Crippen LogP contribution in [0.2, 0.25) is 5.02 Å². The Morgan fingerprint density at radius 3 is 2.16 bits per heavy atom. The van der Waals surface area contributed by atoms with Crippen LogP contribution in [-0.4, -0.2) is 48.9 Å². The highest BCUT2D eigenvalue weighted by Gasteiger charge is 2.31. The van der Waals surface area contributed by atoms with Gasteiger partial charge < -0.3 is 4.74 Å². The van der Waals surface area contributed by atoms with Crippen LogP contribution in [0.15, 0.2) is 78.9 Å². The van der Waals surface area contributed by atoms with Crippen LogP contribution in [0, 0.1) is 0 Å². The van der Waals surface area contributed by atoms with E-state index in [4.69, 9.17) is 16.3 Å². The summed E-state index contributed by atoms with van der Waals surface area (Å²) in [6.07, 6.45) is 0. The number of hydrogen-bond donors (Lipinski definition) is 0. The van der Waals surface area contributed by atoms with Gasteiger partial charge in [0.1, 0.15) is 5.75 Å². The Bertz CT molecular complexity index is 982. The monoisotopic (exact) mass is 434 g/mol. The molecule has 0 aromatic heterocycles. The summed E-state index contributed by atoms with van der Waals surface area (Å²) in [5.41, 5.74) is 3.00. The van der Waals surface area contributed by atoms with Gasteiger partial charge in [-0.2, -0.15) is 0 Å². The summed E-state index contributed by atoms with van der Waals surface area (Å²) in [6, 6.07) is 25.2. The van der Waals surface area contributed by atoms with Crippen molar-refractivity contribution in [3.05, 3.63) is 101 Å². The molecule has 4 rings (SSSR count). The van der Waals surface area contributed by atoms with Gasteiger partial charge in [0.2, 0.25) is 0 Å². The molecule has 1 atom stereocenters. The molecule has 0 aliphatic carbocycles. The Labute approximate surface area is 189 Å². The Kier molecular flexibility index (Phi) is 7.03. The number of ketones is 1. The van der Waals surface area contributed by atoms with Gasteiger partial charge in [-0.25, -0.2) is 0 Å². The number of Topliss-reactive ketones (excluding diaryl/α,β-unsaturated/α-hetero) is 1. The largest absolute Gasteiger partial charge is 0.497 e. The maximum absolute atomic E-state index is 13.5. The molecule has 1 unspecified atom stereocenters.